The molecule has 1 N–H and O–H groups in total. The molecule has 3 aromatic rings. The molecule has 4 rings (SSSR count). The normalized spacial score (nSPS) is 12.5. The van der Waals surface area contributed by atoms with Crippen LogP contribution in [-0.4, -0.2) is 44.7 Å². The van der Waals surface area contributed by atoms with Gasteiger partial charge in [-0.1, -0.05) is 48.0 Å². The van der Waals surface area contributed by atoms with Gasteiger partial charge < -0.3 is 10.1 Å². The summed E-state index contributed by atoms with van der Waals surface area (Å²) in [7, 11) is -3.68. The smallest absolute Gasteiger partial charge is 0.338 e. The molecule has 0 fully saturated rings. The second-order valence-electron chi connectivity index (χ2n) is 7.47. The topological polar surface area (TPSA) is 124 Å². The zero-order valence-electron chi connectivity index (χ0n) is 17.6. The van der Waals surface area contributed by atoms with E-state index in [9.17, 15) is 27.6 Å². The molecular weight excluding hydrogens is 482 g/mol. The van der Waals surface area contributed by atoms with E-state index in [0.29, 0.717) is 0 Å². The molecule has 0 heterocycles. The molecule has 1 aliphatic rings. The SMILES string of the molecule is CS(=O)(=O)c1cc(C(=O)OCC(=O)Nc2cccc3c2C(=O)c2ccccc2C3=O)ccc1Cl. The van der Waals surface area contributed by atoms with Crippen molar-refractivity contribution in [3.05, 3.63) is 93.5 Å². The monoisotopic (exact) mass is 497 g/mol. The third-order valence-corrected chi connectivity index (χ3v) is 6.71. The van der Waals surface area contributed by atoms with Crippen molar-refractivity contribution in [3.8, 4) is 0 Å². The fourth-order valence-electron chi connectivity index (χ4n) is 3.56. The van der Waals surface area contributed by atoms with Gasteiger partial charge in [-0.05, 0) is 24.3 Å². The minimum atomic E-state index is -3.68. The summed E-state index contributed by atoms with van der Waals surface area (Å²) in [6.07, 6.45) is 0.946. The van der Waals surface area contributed by atoms with Crippen LogP contribution in [0.4, 0.5) is 5.69 Å². The van der Waals surface area contributed by atoms with Crippen LogP contribution in [0.25, 0.3) is 0 Å². The molecular formula is C24H16ClNO7S. The second-order valence-corrected chi connectivity index (χ2v) is 9.86. The summed E-state index contributed by atoms with van der Waals surface area (Å²) in [5.41, 5.74) is 0.741. The highest BCUT2D eigenvalue weighted by Gasteiger charge is 2.31. The van der Waals surface area contributed by atoms with Crippen molar-refractivity contribution in [2.75, 3.05) is 18.2 Å². The maximum atomic E-state index is 13.0. The third kappa shape index (κ3) is 4.35. The number of hydrogen-bond donors (Lipinski definition) is 1. The predicted octanol–water partition coefficient (Wildman–Crippen LogP) is 3.31. The summed E-state index contributed by atoms with van der Waals surface area (Å²) in [6, 6.07) is 14.5. The molecule has 0 radical (unpaired) electrons. The molecule has 0 aliphatic heterocycles. The Labute approximate surface area is 199 Å². The Hall–Kier alpha value is -3.82. The molecule has 172 valence electrons. The van der Waals surface area contributed by atoms with Crippen molar-refractivity contribution in [1.29, 1.82) is 0 Å². The van der Waals surface area contributed by atoms with Crippen LogP contribution in [0, 0.1) is 0 Å². The number of benzene rings is 3. The van der Waals surface area contributed by atoms with Crippen LogP contribution in [0.3, 0.4) is 0 Å². The quantitative estimate of drug-likeness (QED) is 0.419. The minimum absolute atomic E-state index is 0.0496. The molecule has 0 spiro atoms. The molecule has 8 nitrogen and oxygen atoms in total. The van der Waals surface area contributed by atoms with E-state index < -0.39 is 34.1 Å². The zero-order valence-corrected chi connectivity index (χ0v) is 19.2. The van der Waals surface area contributed by atoms with Gasteiger partial charge in [0.05, 0.1) is 26.7 Å². The number of nitrogens with one attached hydrogen (secondary N) is 1. The highest BCUT2D eigenvalue weighted by atomic mass is 35.5. The summed E-state index contributed by atoms with van der Waals surface area (Å²) in [5.74, 6) is -2.44. The predicted molar refractivity (Wildman–Crippen MR) is 123 cm³/mol. The number of ketones is 2. The Balaban J connectivity index is 1.51. The first-order chi connectivity index (χ1) is 16.1. The first-order valence-electron chi connectivity index (χ1n) is 9.86. The Morgan fingerprint density at radius 2 is 1.56 bits per heavy atom. The number of esters is 1. The maximum absolute atomic E-state index is 13.0. The van der Waals surface area contributed by atoms with Gasteiger partial charge >= 0.3 is 5.97 Å². The number of fused-ring (bicyclic) bond motifs is 2. The summed E-state index contributed by atoms with van der Waals surface area (Å²) in [5, 5.41) is 2.45. The molecule has 0 atom stereocenters. The summed E-state index contributed by atoms with van der Waals surface area (Å²) >= 11 is 5.87. The van der Waals surface area contributed by atoms with Crippen LogP contribution in [0.15, 0.2) is 65.6 Å². The number of carbonyl (C=O) groups is 4. The molecule has 3 aromatic carbocycles. The van der Waals surface area contributed by atoms with Gasteiger partial charge in [0.25, 0.3) is 5.91 Å². The molecule has 0 bridgehead atoms. The highest BCUT2D eigenvalue weighted by molar-refractivity contribution is 7.90. The number of sulfone groups is 1. The lowest BCUT2D eigenvalue weighted by Crippen LogP contribution is -2.26. The lowest BCUT2D eigenvalue weighted by Gasteiger charge is -2.20. The largest absolute Gasteiger partial charge is 0.452 e. The van der Waals surface area contributed by atoms with Gasteiger partial charge in [-0.15, -0.1) is 0 Å². The Morgan fingerprint density at radius 3 is 2.24 bits per heavy atom. The molecule has 10 heteroatoms. The van der Waals surface area contributed by atoms with E-state index in [1.54, 1.807) is 18.2 Å². The van der Waals surface area contributed by atoms with E-state index in [1.807, 2.05) is 0 Å². The first kappa shape index (κ1) is 23.3. The average Bonchev–Trinajstić information content (AvgIpc) is 2.80. The summed E-state index contributed by atoms with van der Waals surface area (Å²) < 4.78 is 28.6. The highest BCUT2D eigenvalue weighted by Crippen LogP contribution is 2.32. The van der Waals surface area contributed by atoms with E-state index in [2.05, 4.69) is 5.32 Å². The third-order valence-electron chi connectivity index (χ3n) is 5.13. The van der Waals surface area contributed by atoms with Crippen LogP contribution in [0.1, 0.15) is 42.2 Å². The Kier molecular flexibility index (Phi) is 6.07. The molecule has 0 aromatic heterocycles. The van der Waals surface area contributed by atoms with E-state index >= 15 is 0 Å². The number of halogens is 1. The van der Waals surface area contributed by atoms with Crippen molar-refractivity contribution in [3.63, 3.8) is 0 Å². The van der Waals surface area contributed by atoms with Crippen LogP contribution < -0.4 is 5.32 Å². The van der Waals surface area contributed by atoms with E-state index in [-0.39, 0.29) is 49.2 Å². The second kappa shape index (κ2) is 8.85. The standard InChI is InChI=1S/C24H16ClNO7S/c1-34(31,32)19-11-13(9-10-17(19)25)24(30)33-12-20(27)26-18-8-4-7-16-21(18)23(29)15-6-3-2-5-14(15)22(16)28/h2-11H,12H2,1H3,(H,26,27). The number of ether oxygens (including phenoxy) is 1. The Bertz CT molecular complexity index is 1490. The van der Waals surface area contributed by atoms with Crippen molar-refractivity contribution < 1.29 is 32.3 Å². The number of hydrogen-bond acceptors (Lipinski definition) is 7. The summed E-state index contributed by atoms with van der Waals surface area (Å²) in [4.78, 5) is 50.3. The molecule has 34 heavy (non-hydrogen) atoms. The average molecular weight is 498 g/mol. The number of anilines is 1. The van der Waals surface area contributed by atoms with E-state index in [0.717, 1.165) is 12.3 Å². The van der Waals surface area contributed by atoms with Crippen molar-refractivity contribution in [2.45, 2.75) is 4.90 Å². The van der Waals surface area contributed by atoms with Crippen molar-refractivity contribution in [1.82, 2.24) is 0 Å². The minimum Gasteiger partial charge on any atom is -0.452 e. The van der Waals surface area contributed by atoms with Gasteiger partial charge in [-0.25, -0.2) is 13.2 Å². The first-order valence-corrected chi connectivity index (χ1v) is 12.1. The van der Waals surface area contributed by atoms with E-state index in [4.69, 9.17) is 16.3 Å². The number of rotatable bonds is 5. The number of amides is 1. The van der Waals surface area contributed by atoms with Crippen LogP contribution >= 0.6 is 11.6 Å². The van der Waals surface area contributed by atoms with E-state index in [1.165, 1.54) is 36.4 Å². The van der Waals surface area contributed by atoms with Crippen LogP contribution in [0.2, 0.25) is 5.02 Å². The zero-order chi connectivity index (χ0) is 24.6. The molecule has 1 aliphatic carbocycles. The lowest BCUT2D eigenvalue weighted by molar-refractivity contribution is -0.119. The Morgan fingerprint density at radius 1 is 0.912 bits per heavy atom. The van der Waals surface area contributed by atoms with Crippen molar-refractivity contribution in [2.24, 2.45) is 0 Å². The van der Waals surface area contributed by atoms with Crippen LogP contribution in [-0.2, 0) is 19.4 Å². The van der Waals surface area contributed by atoms with Gasteiger partial charge in [-0.2, -0.15) is 0 Å². The van der Waals surface area contributed by atoms with Gasteiger partial charge in [0.15, 0.2) is 28.0 Å². The molecule has 0 saturated carbocycles. The maximum Gasteiger partial charge on any atom is 0.338 e. The van der Waals surface area contributed by atoms with Gasteiger partial charge in [0.2, 0.25) is 0 Å². The fraction of sp³-hybridized carbons (Fsp3) is 0.0833. The lowest BCUT2D eigenvalue weighted by atomic mass is 9.83. The van der Waals surface area contributed by atoms with Crippen LogP contribution in [0.5, 0.6) is 0 Å². The van der Waals surface area contributed by atoms with Crippen molar-refractivity contribution >= 4 is 50.6 Å². The fourth-order valence-corrected chi connectivity index (χ4v) is 4.87. The number of carbonyl (C=O) groups excluding carboxylic acids is 4. The summed E-state index contributed by atoms with van der Waals surface area (Å²) in [6.45, 7) is -0.710. The molecule has 1 amide bonds. The molecule has 0 unspecified atom stereocenters. The van der Waals surface area contributed by atoms with Gasteiger partial charge in [0, 0.05) is 22.9 Å². The van der Waals surface area contributed by atoms with Gasteiger partial charge in [-0.3, -0.25) is 14.4 Å². The van der Waals surface area contributed by atoms with Gasteiger partial charge in [0.1, 0.15) is 0 Å². The molecule has 0 saturated heterocycles.